The quantitative estimate of drug-likeness (QED) is 0.592. The summed E-state index contributed by atoms with van der Waals surface area (Å²) in [5, 5.41) is 3.74. The summed E-state index contributed by atoms with van der Waals surface area (Å²) in [5.74, 6) is -0.191. The predicted molar refractivity (Wildman–Crippen MR) is 51.6 cm³/mol. The van der Waals surface area contributed by atoms with E-state index in [2.05, 4.69) is 0 Å². The first kappa shape index (κ1) is 12.6. The molecule has 0 aliphatic carbocycles. The molecule has 0 bridgehead atoms. The monoisotopic (exact) mass is 216 g/mol. The first-order valence-corrected chi connectivity index (χ1v) is 5.59. The Kier molecular flexibility index (Phi) is 5.64. The third kappa shape index (κ3) is 5.29. The Labute approximate surface area is 97.8 Å². The molecule has 64 valence electrons. The molecular formula is C6H9NaO3S2. The molecule has 0 fully saturated rings. The number of thiophene rings is 1. The van der Waals surface area contributed by atoms with Gasteiger partial charge < -0.3 is 0 Å². The molecule has 6 heteroatoms. The molecule has 0 saturated carbocycles. The van der Waals surface area contributed by atoms with E-state index in [1.807, 2.05) is 16.8 Å². The van der Waals surface area contributed by atoms with Gasteiger partial charge in [-0.25, -0.2) is 0 Å². The molecule has 1 heterocycles. The van der Waals surface area contributed by atoms with E-state index in [1.54, 1.807) is 0 Å². The second-order valence-corrected chi connectivity index (χ2v) is 4.52. The average Bonchev–Trinajstić information content (AvgIpc) is 2.32. The van der Waals surface area contributed by atoms with Gasteiger partial charge in [0.2, 0.25) is 0 Å². The summed E-state index contributed by atoms with van der Waals surface area (Å²) >= 11 is 1.51. The first-order valence-electron chi connectivity index (χ1n) is 3.04. The second kappa shape index (κ2) is 5.36. The van der Waals surface area contributed by atoms with Gasteiger partial charge in [-0.15, -0.1) is 0 Å². The SMILES string of the molecule is O=S(=O)(O)CCc1ccsc1.[NaH]. The van der Waals surface area contributed by atoms with Crippen molar-refractivity contribution in [3.05, 3.63) is 22.4 Å². The van der Waals surface area contributed by atoms with Gasteiger partial charge in [0.1, 0.15) is 0 Å². The molecule has 0 aliphatic heterocycles. The van der Waals surface area contributed by atoms with Crippen molar-refractivity contribution in [2.24, 2.45) is 0 Å². The molecule has 0 spiro atoms. The van der Waals surface area contributed by atoms with Crippen molar-refractivity contribution in [3.8, 4) is 0 Å². The molecular weight excluding hydrogens is 207 g/mol. The number of hydrogen-bond acceptors (Lipinski definition) is 3. The number of hydrogen-bond donors (Lipinski definition) is 1. The van der Waals surface area contributed by atoms with E-state index in [-0.39, 0.29) is 35.3 Å². The zero-order chi connectivity index (χ0) is 8.32. The Morgan fingerprint density at radius 1 is 1.50 bits per heavy atom. The summed E-state index contributed by atoms with van der Waals surface area (Å²) in [5.41, 5.74) is 0.952. The normalized spacial score (nSPS) is 10.8. The standard InChI is InChI=1S/C6H8O3S2.Na.H/c7-11(8,9)4-2-6-1-3-10-5-6;;/h1,3,5H,2,4H2,(H,7,8,9);;. The summed E-state index contributed by atoms with van der Waals surface area (Å²) in [6.45, 7) is 0. The summed E-state index contributed by atoms with van der Waals surface area (Å²) < 4.78 is 29.0. The van der Waals surface area contributed by atoms with Crippen molar-refractivity contribution in [1.82, 2.24) is 0 Å². The number of aryl methyl sites for hydroxylation is 1. The van der Waals surface area contributed by atoms with Gasteiger partial charge >= 0.3 is 29.6 Å². The Morgan fingerprint density at radius 2 is 2.17 bits per heavy atom. The summed E-state index contributed by atoms with van der Waals surface area (Å²) in [7, 11) is -3.80. The Morgan fingerprint density at radius 3 is 2.58 bits per heavy atom. The average molecular weight is 216 g/mol. The zero-order valence-electron chi connectivity index (χ0n) is 5.73. The van der Waals surface area contributed by atoms with E-state index in [0.29, 0.717) is 6.42 Å². The first-order chi connectivity index (χ1) is 5.08. The van der Waals surface area contributed by atoms with Gasteiger partial charge in [-0.05, 0) is 28.8 Å². The van der Waals surface area contributed by atoms with Crippen molar-refractivity contribution < 1.29 is 13.0 Å². The zero-order valence-corrected chi connectivity index (χ0v) is 7.36. The van der Waals surface area contributed by atoms with E-state index in [1.165, 1.54) is 11.3 Å². The minimum absolute atomic E-state index is 0. The van der Waals surface area contributed by atoms with E-state index in [4.69, 9.17) is 4.55 Å². The summed E-state index contributed by atoms with van der Waals surface area (Å²) in [6.07, 6.45) is 0.391. The van der Waals surface area contributed by atoms with Crippen LogP contribution in [0.3, 0.4) is 0 Å². The van der Waals surface area contributed by atoms with Crippen LogP contribution in [0.15, 0.2) is 16.8 Å². The third-order valence-electron chi connectivity index (χ3n) is 1.23. The Balaban J connectivity index is 0.00000121. The molecule has 0 aliphatic rings. The molecule has 12 heavy (non-hydrogen) atoms. The van der Waals surface area contributed by atoms with Gasteiger partial charge in [-0.2, -0.15) is 19.8 Å². The van der Waals surface area contributed by atoms with Crippen LogP contribution in [0.2, 0.25) is 0 Å². The Hall–Kier alpha value is 0.610. The van der Waals surface area contributed by atoms with Crippen LogP contribution >= 0.6 is 11.3 Å². The van der Waals surface area contributed by atoms with Crippen LogP contribution in [0, 0.1) is 0 Å². The second-order valence-electron chi connectivity index (χ2n) is 2.17. The van der Waals surface area contributed by atoms with Crippen molar-refractivity contribution >= 4 is 51.0 Å². The number of rotatable bonds is 3. The molecule has 0 atom stereocenters. The van der Waals surface area contributed by atoms with Crippen LogP contribution in [0.4, 0.5) is 0 Å². The molecule has 1 rings (SSSR count). The van der Waals surface area contributed by atoms with Crippen LogP contribution in [-0.4, -0.2) is 48.3 Å². The Bertz CT molecular complexity index is 304. The molecule has 0 saturated heterocycles. The fraction of sp³-hybridized carbons (Fsp3) is 0.333. The molecule has 1 aromatic rings. The third-order valence-corrected chi connectivity index (χ3v) is 2.68. The minimum atomic E-state index is -3.80. The molecule has 0 unspecified atom stereocenters. The summed E-state index contributed by atoms with van der Waals surface area (Å²) in [6, 6.07) is 1.84. The van der Waals surface area contributed by atoms with Gasteiger partial charge in [-0.1, -0.05) is 0 Å². The maximum absolute atomic E-state index is 10.3. The molecule has 0 radical (unpaired) electrons. The van der Waals surface area contributed by atoms with Crippen LogP contribution in [0.5, 0.6) is 0 Å². The van der Waals surface area contributed by atoms with Gasteiger partial charge in [0.15, 0.2) is 0 Å². The van der Waals surface area contributed by atoms with Gasteiger partial charge in [0.05, 0.1) is 5.75 Å². The van der Waals surface area contributed by atoms with Crippen molar-refractivity contribution in [1.29, 1.82) is 0 Å². The van der Waals surface area contributed by atoms with Gasteiger partial charge in [0, 0.05) is 0 Å². The van der Waals surface area contributed by atoms with Crippen molar-refractivity contribution in [3.63, 3.8) is 0 Å². The van der Waals surface area contributed by atoms with Crippen LogP contribution < -0.4 is 0 Å². The van der Waals surface area contributed by atoms with E-state index >= 15 is 0 Å². The molecule has 1 aromatic heterocycles. The topological polar surface area (TPSA) is 54.4 Å². The maximum atomic E-state index is 10.3. The van der Waals surface area contributed by atoms with E-state index in [0.717, 1.165) is 5.56 Å². The molecule has 0 aromatic carbocycles. The van der Waals surface area contributed by atoms with Crippen molar-refractivity contribution in [2.75, 3.05) is 5.75 Å². The molecule has 1 N–H and O–H groups in total. The van der Waals surface area contributed by atoms with E-state index in [9.17, 15) is 8.42 Å². The van der Waals surface area contributed by atoms with Crippen molar-refractivity contribution in [2.45, 2.75) is 6.42 Å². The predicted octanol–water partition coefficient (Wildman–Crippen LogP) is 0.530. The van der Waals surface area contributed by atoms with Crippen LogP contribution in [0.25, 0.3) is 0 Å². The van der Waals surface area contributed by atoms with Crippen LogP contribution in [-0.2, 0) is 16.5 Å². The van der Waals surface area contributed by atoms with Crippen LogP contribution in [0.1, 0.15) is 5.56 Å². The fourth-order valence-corrected chi connectivity index (χ4v) is 1.88. The molecule has 0 amide bonds. The van der Waals surface area contributed by atoms with Gasteiger partial charge in [0.25, 0.3) is 10.1 Å². The van der Waals surface area contributed by atoms with Gasteiger partial charge in [-0.3, -0.25) is 4.55 Å². The fourth-order valence-electron chi connectivity index (χ4n) is 0.682. The molecule has 3 nitrogen and oxygen atoms in total. The summed E-state index contributed by atoms with van der Waals surface area (Å²) in [4.78, 5) is 0. The van der Waals surface area contributed by atoms with E-state index < -0.39 is 10.1 Å².